The summed E-state index contributed by atoms with van der Waals surface area (Å²) in [5.41, 5.74) is 9.55. The van der Waals surface area contributed by atoms with E-state index in [-0.39, 0.29) is 5.78 Å². The summed E-state index contributed by atoms with van der Waals surface area (Å²) in [5, 5.41) is 0. The highest BCUT2D eigenvalue weighted by molar-refractivity contribution is 6.08. The van der Waals surface area contributed by atoms with E-state index in [4.69, 9.17) is 5.73 Å². The highest BCUT2D eigenvalue weighted by Gasteiger charge is 2.18. The molecule has 2 nitrogen and oxygen atoms in total. The van der Waals surface area contributed by atoms with Crippen molar-refractivity contribution in [3.8, 4) is 0 Å². The van der Waals surface area contributed by atoms with Crippen molar-refractivity contribution in [1.29, 1.82) is 0 Å². The first kappa shape index (κ1) is 10.8. The lowest BCUT2D eigenvalue weighted by molar-refractivity contribution is -0.115. The summed E-state index contributed by atoms with van der Waals surface area (Å²) in [6.45, 7) is 2.29. The molecule has 0 spiro atoms. The molecule has 1 aromatic carbocycles. The smallest absolute Gasteiger partial charge is 0.164 e. The Kier molecular flexibility index (Phi) is 3.02. The summed E-state index contributed by atoms with van der Waals surface area (Å²) in [7, 11) is 0. The molecule has 0 unspecified atom stereocenters. The Morgan fingerprint density at radius 3 is 2.56 bits per heavy atom. The van der Waals surface area contributed by atoms with Crippen molar-refractivity contribution < 1.29 is 4.79 Å². The Morgan fingerprint density at radius 2 is 1.94 bits per heavy atom. The average Bonchev–Trinajstić information content (AvgIpc) is 2.29. The lowest BCUT2D eigenvalue weighted by atomic mass is 9.88. The average molecular weight is 213 g/mol. The number of allylic oxidation sites excluding steroid dienone is 3. The molecule has 2 rings (SSSR count). The maximum absolute atomic E-state index is 11.8. The molecule has 82 valence electrons. The predicted molar refractivity (Wildman–Crippen MR) is 65.8 cm³/mol. The van der Waals surface area contributed by atoms with E-state index in [9.17, 15) is 4.79 Å². The van der Waals surface area contributed by atoms with Crippen LogP contribution in [0.5, 0.6) is 0 Å². The standard InChI is InChI=1S/C14H15NO/c1-10-7-12(11-5-3-2-4-6-11)13(9-15)14(16)8-10/h2-7H,8-9,15H2,1H3. The number of hydrogen-bond donors (Lipinski definition) is 1. The van der Waals surface area contributed by atoms with Gasteiger partial charge in [0.05, 0.1) is 0 Å². The van der Waals surface area contributed by atoms with Crippen LogP contribution in [0.25, 0.3) is 5.57 Å². The molecule has 0 saturated heterocycles. The van der Waals surface area contributed by atoms with Gasteiger partial charge in [0.1, 0.15) is 0 Å². The summed E-state index contributed by atoms with van der Waals surface area (Å²) in [6, 6.07) is 9.92. The van der Waals surface area contributed by atoms with Gasteiger partial charge < -0.3 is 5.73 Å². The molecule has 16 heavy (non-hydrogen) atoms. The maximum atomic E-state index is 11.8. The van der Waals surface area contributed by atoms with E-state index in [1.54, 1.807) is 0 Å². The third kappa shape index (κ3) is 1.97. The molecule has 2 N–H and O–H groups in total. The van der Waals surface area contributed by atoms with Crippen molar-refractivity contribution in [2.45, 2.75) is 13.3 Å². The Balaban J connectivity index is 2.55. The van der Waals surface area contributed by atoms with Gasteiger partial charge in [-0.1, -0.05) is 42.0 Å². The minimum atomic E-state index is 0.154. The van der Waals surface area contributed by atoms with Crippen LogP contribution in [0.1, 0.15) is 18.9 Å². The van der Waals surface area contributed by atoms with E-state index >= 15 is 0 Å². The summed E-state index contributed by atoms with van der Waals surface area (Å²) in [6.07, 6.45) is 2.57. The van der Waals surface area contributed by atoms with Crippen LogP contribution in [0.4, 0.5) is 0 Å². The third-order valence-electron chi connectivity index (χ3n) is 2.78. The van der Waals surface area contributed by atoms with E-state index in [1.807, 2.05) is 37.3 Å². The van der Waals surface area contributed by atoms with Crippen molar-refractivity contribution in [3.05, 3.63) is 53.1 Å². The minimum Gasteiger partial charge on any atom is -0.326 e. The second-order valence-electron chi connectivity index (χ2n) is 4.05. The monoisotopic (exact) mass is 213 g/mol. The predicted octanol–water partition coefficient (Wildman–Crippen LogP) is 2.32. The van der Waals surface area contributed by atoms with Crippen LogP contribution in [0.3, 0.4) is 0 Å². The van der Waals surface area contributed by atoms with E-state index in [2.05, 4.69) is 6.08 Å². The van der Waals surface area contributed by atoms with Crippen LogP contribution < -0.4 is 5.73 Å². The number of ketones is 1. The fourth-order valence-electron chi connectivity index (χ4n) is 1.99. The summed E-state index contributed by atoms with van der Waals surface area (Å²) in [4.78, 5) is 11.8. The lowest BCUT2D eigenvalue weighted by Crippen LogP contribution is -2.17. The molecule has 2 heteroatoms. The number of rotatable bonds is 2. The van der Waals surface area contributed by atoms with Gasteiger partial charge in [-0.3, -0.25) is 4.79 Å². The van der Waals surface area contributed by atoms with Gasteiger partial charge in [-0.05, 0) is 18.1 Å². The Labute approximate surface area is 95.5 Å². The van der Waals surface area contributed by atoms with E-state index in [0.29, 0.717) is 13.0 Å². The second-order valence-corrected chi connectivity index (χ2v) is 4.05. The van der Waals surface area contributed by atoms with Crippen molar-refractivity contribution in [1.82, 2.24) is 0 Å². The van der Waals surface area contributed by atoms with Crippen LogP contribution >= 0.6 is 0 Å². The van der Waals surface area contributed by atoms with Gasteiger partial charge in [0, 0.05) is 18.5 Å². The Morgan fingerprint density at radius 1 is 1.25 bits per heavy atom. The molecule has 0 aliphatic heterocycles. The second kappa shape index (κ2) is 4.45. The molecule has 1 aliphatic rings. The Bertz CT molecular complexity index is 469. The van der Waals surface area contributed by atoms with Crippen LogP contribution in [0.15, 0.2) is 47.6 Å². The molecule has 1 aromatic rings. The first-order valence-corrected chi connectivity index (χ1v) is 5.41. The summed E-state index contributed by atoms with van der Waals surface area (Å²) in [5.74, 6) is 0.154. The molecule has 0 heterocycles. The SMILES string of the molecule is CC1=CC(c2ccccc2)=C(CN)C(=O)C1. The van der Waals surface area contributed by atoms with Gasteiger partial charge in [0.2, 0.25) is 0 Å². The maximum Gasteiger partial charge on any atom is 0.164 e. The number of Topliss-reactive ketones (excluding diaryl/α,β-unsaturated/α-hetero) is 1. The topological polar surface area (TPSA) is 43.1 Å². The molecule has 0 atom stereocenters. The third-order valence-corrected chi connectivity index (χ3v) is 2.78. The molecule has 0 fully saturated rings. The molecule has 0 saturated carbocycles. The first-order valence-electron chi connectivity index (χ1n) is 5.41. The number of carbonyl (C=O) groups is 1. The molecular formula is C14H15NO. The zero-order valence-corrected chi connectivity index (χ0v) is 9.36. The number of carbonyl (C=O) groups excluding carboxylic acids is 1. The van der Waals surface area contributed by atoms with E-state index in [1.165, 1.54) is 0 Å². The van der Waals surface area contributed by atoms with E-state index in [0.717, 1.165) is 22.3 Å². The van der Waals surface area contributed by atoms with Crippen molar-refractivity contribution >= 4 is 11.4 Å². The van der Waals surface area contributed by atoms with Crippen molar-refractivity contribution in [3.63, 3.8) is 0 Å². The largest absolute Gasteiger partial charge is 0.326 e. The summed E-state index contributed by atoms with van der Waals surface area (Å²) < 4.78 is 0. The molecule has 0 amide bonds. The number of nitrogens with two attached hydrogens (primary N) is 1. The zero-order valence-electron chi connectivity index (χ0n) is 9.36. The van der Waals surface area contributed by atoms with Crippen LogP contribution in [-0.2, 0) is 4.79 Å². The van der Waals surface area contributed by atoms with Crippen LogP contribution in [0, 0.1) is 0 Å². The normalized spacial score (nSPS) is 16.4. The quantitative estimate of drug-likeness (QED) is 0.819. The van der Waals surface area contributed by atoms with Gasteiger partial charge >= 0.3 is 0 Å². The molecule has 0 aromatic heterocycles. The number of hydrogen-bond acceptors (Lipinski definition) is 2. The zero-order chi connectivity index (χ0) is 11.5. The number of benzene rings is 1. The molecule has 1 aliphatic carbocycles. The van der Waals surface area contributed by atoms with Gasteiger partial charge in [0.15, 0.2) is 5.78 Å². The first-order chi connectivity index (χ1) is 7.72. The fourth-order valence-corrected chi connectivity index (χ4v) is 1.99. The van der Waals surface area contributed by atoms with Gasteiger partial charge in [-0.2, -0.15) is 0 Å². The highest BCUT2D eigenvalue weighted by Crippen LogP contribution is 2.27. The van der Waals surface area contributed by atoms with Crippen molar-refractivity contribution in [2.75, 3.05) is 6.54 Å². The molecule has 0 bridgehead atoms. The van der Waals surface area contributed by atoms with Gasteiger partial charge in [-0.25, -0.2) is 0 Å². The van der Waals surface area contributed by atoms with Gasteiger partial charge in [0.25, 0.3) is 0 Å². The fraction of sp³-hybridized carbons (Fsp3) is 0.214. The summed E-state index contributed by atoms with van der Waals surface area (Å²) >= 11 is 0. The van der Waals surface area contributed by atoms with E-state index < -0.39 is 0 Å². The lowest BCUT2D eigenvalue weighted by Gasteiger charge is -2.16. The van der Waals surface area contributed by atoms with Crippen LogP contribution in [-0.4, -0.2) is 12.3 Å². The minimum absolute atomic E-state index is 0.154. The van der Waals surface area contributed by atoms with Gasteiger partial charge in [-0.15, -0.1) is 0 Å². The molecule has 0 radical (unpaired) electrons. The van der Waals surface area contributed by atoms with Crippen molar-refractivity contribution in [2.24, 2.45) is 5.73 Å². The molecular weight excluding hydrogens is 198 g/mol. The van der Waals surface area contributed by atoms with Crippen LogP contribution in [0.2, 0.25) is 0 Å². The Hall–Kier alpha value is -1.67. The highest BCUT2D eigenvalue weighted by atomic mass is 16.1.